The second-order valence-electron chi connectivity index (χ2n) is 7.09. The highest BCUT2D eigenvalue weighted by Gasteiger charge is 2.31. The van der Waals surface area contributed by atoms with Crippen molar-refractivity contribution in [2.75, 3.05) is 6.61 Å². The molecule has 1 aromatic carbocycles. The molecule has 2 aromatic heterocycles. The molecule has 29 heavy (non-hydrogen) atoms. The van der Waals surface area contributed by atoms with Gasteiger partial charge in [-0.1, -0.05) is 30.3 Å². The number of H-pyrrole nitrogens is 1. The summed E-state index contributed by atoms with van der Waals surface area (Å²) in [6.45, 7) is 7.47. The molecule has 0 radical (unpaired) electrons. The smallest absolute Gasteiger partial charge is 0.340 e. The summed E-state index contributed by atoms with van der Waals surface area (Å²) in [5, 5.41) is 1.98. The van der Waals surface area contributed by atoms with Crippen LogP contribution in [-0.4, -0.2) is 29.4 Å². The Hall–Kier alpha value is -3.12. The average molecular weight is 395 g/mol. The standard InChI is InChI=1S/C23H26N2O4/c1-5-28-23(27)19-14(2)20(24-15(19)3)22(26)16(4)25-21(18-12-9-13-29-18)17-10-7-6-8-11-17/h6-13,16,21,24-25H,5H2,1-4H3/p+1/t16-,21+/m0/s1. The van der Waals surface area contributed by atoms with Crippen molar-refractivity contribution in [3.8, 4) is 0 Å². The van der Waals surface area contributed by atoms with E-state index >= 15 is 0 Å². The number of quaternary nitrogens is 1. The van der Waals surface area contributed by atoms with Crippen LogP contribution in [0.5, 0.6) is 0 Å². The number of nitrogens with two attached hydrogens (primary N) is 1. The van der Waals surface area contributed by atoms with Gasteiger partial charge in [-0.2, -0.15) is 0 Å². The number of hydrogen-bond donors (Lipinski definition) is 2. The molecule has 0 fully saturated rings. The number of aryl methyl sites for hydroxylation is 1. The van der Waals surface area contributed by atoms with Gasteiger partial charge in [-0.25, -0.2) is 4.79 Å². The molecule has 0 amide bonds. The van der Waals surface area contributed by atoms with Gasteiger partial charge in [0.25, 0.3) is 0 Å². The molecular formula is C23H27N2O4+. The highest BCUT2D eigenvalue weighted by molar-refractivity contribution is 6.03. The number of carbonyl (C=O) groups is 2. The lowest BCUT2D eigenvalue weighted by Gasteiger charge is -2.18. The van der Waals surface area contributed by atoms with Crippen molar-refractivity contribution < 1.29 is 24.1 Å². The Morgan fingerprint density at radius 2 is 1.86 bits per heavy atom. The minimum absolute atomic E-state index is 0.0753. The number of ether oxygens (including phenoxy) is 1. The van der Waals surface area contributed by atoms with Crippen LogP contribution in [0.2, 0.25) is 0 Å². The molecule has 0 aliphatic heterocycles. The third-order valence-corrected chi connectivity index (χ3v) is 5.07. The van der Waals surface area contributed by atoms with Gasteiger partial charge in [-0.3, -0.25) is 4.79 Å². The summed E-state index contributed by atoms with van der Waals surface area (Å²) in [7, 11) is 0. The molecule has 2 atom stereocenters. The van der Waals surface area contributed by atoms with Gasteiger partial charge >= 0.3 is 5.97 Å². The van der Waals surface area contributed by atoms with E-state index in [1.165, 1.54) is 0 Å². The van der Waals surface area contributed by atoms with Gasteiger partial charge in [0, 0.05) is 11.3 Å². The van der Waals surface area contributed by atoms with Crippen molar-refractivity contribution in [2.45, 2.75) is 39.8 Å². The van der Waals surface area contributed by atoms with Crippen LogP contribution < -0.4 is 5.32 Å². The summed E-state index contributed by atoms with van der Waals surface area (Å²) in [6.07, 6.45) is 1.63. The third-order valence-electron chi connectivity index (χ3n) is 5.07. The minimum Gasteiger partial charge on any atom is -0.463 e. The number of nitrogens with one attached hydrogen (secondary N) is 1. The van der Waals surface area contributed by atoms with Gasteiger partial charge in [0.15, 0.2) is 11.8 Å². The first-order valence-electron chi connectivity index (χ1n) is 9.77. The van der Waals surface area contributed by atoms with E-state index in [1.54, 1.807) is 27.0 Å². The highest BCUT2D eigenvalue weighted by Crippen LogP contribution is 2.22. The average Bonchev–Trinajstić information content (AvgIpc) is 3.34. The number of esters is 1. The lowest BCUT2D eigenvalue weighted by molar-refractivity contribution is -0.705. The molecule has 6 heteroatoms. The quantitative estimate of drug-likeness (QED) is 0.452. The summed E-state index contributed by atoms with van der Waals surface area (Å²) in [4.78, 5) is 28.5. The number of hydrogen-bond acceptors (Lipinski definition) is 4. The molecule has 0 saturated carbocycles. The van der Waals surface area contributed by atoms with Crippen LogP contribution in [0.4, 0.5) is 0 Å². The number of aromatic nitrogens is 1. The normalized spacial score (nSPS) is 13.1. The number of carbonyl (C=O) groups excluding carboxylic acids is 2. The number of aromatic amines is 1. The van der Waals surface area contributed by atoms with E-state index in [2.05, 4.69) is 4.98 Å². The molecule has 3 rings (SSSR count). The maximum atomic E-state index is 13.2. The van der Waals surface area contributed by atoms with Crippen molar-refractivity contribution in [1.29, 1.82) is 0 Å². The van der Waals surface area contributed by atoms with Crippen LogP contribution in [0.1, 0.15) is 63.3 Å². The van der Waals surface area contributed by atoms with E-state index in [9.17, 15) is 9.59 Å². The van der Waals surface area contributed by atoms with Crippen molar-refractivity contribution >= 4 is 11.8 Å². The van der Waals surface area contributed by atoms with Crippen LogP contribution in [0, 0.1) is 13.8 Å². The topological polar surface area (TPSA) is 88.9 Å². The Labute approximate surface area is 170 Å². The molecule has 6 nitrogen and oxygen atoms in total. The molecule has 0 aliphatic rings. The van der Waals surface area contributed by atoms with E-state index in [0.717, 1.165) is 11.3 Å². The highest BCUT2D eigenvalue weighted by atomic mass is 16.5. The Bertz CT molecular complexity index is 974. The largest absolute Gasteiger partial charge is 0.463 e. The zero-order valence-electron chi connectivity index (χ0n) is 17.2. The molecule has 3 aromatic rings. The Morgan fingerprint density at radius 1 is 1.14 bits per heavy atom. The molecule has 0 saturated heterocycles. The lowest BCUT2D eigenvalue weighted by Crippen LogP contribution is -2.92. The van der Waals surface area contributed by atoms with Crippen LogP contribution >= 0.6 is 0 Å². The number of Topliss-reactive ketones (excluding diaryl/α,β-unsaturated/α-hetero) is 1. The maximum absolute atomic E-state index is 13.2. The minimum atomic E-state index is -0.410. The van der Waals surface area contributed by atoms with Crippen LogP contribution in [0.25, 0.3) is 0 Å². The monoisotopic (exact) mass is 395 g/mol. The fourth-order valence-electron chi connectivity index (χ4n) is 3.61. The van der Waals surface area contributed by atoms with E-state index < -0.39 is 12.0 Å². The zero-order chi connectivity index (χ0) is 21.0. The van der Waals surface area contributed by atoms with E-state index in [1.807, 2.05) is 54.7 Å². The van der Waals surface area contributed by atoms with Crippen molar-refractivity contribution in [3.63, 3.8) is 0 Å². The number of rotatable bonds is 8. The SMILES string of the molecule is CCOC(=O)c1c(C)[nH]c(C(=O)[C@H](C)[NH2+][C@H](c2ccccc2)c2ccco2)c1C. The fourth-order valence-corrected chi connectivity index (χ4v) is 3.61. The van der Waals surface area contributed by atoms with Crippen molar-refractivity contribution in [1.82, 2.24) is 4.98 Å². The summed E-state index contributed by atoms with van der Waals surface area (Å²) in [5.74, 6) is 0.295. The molecule has 0 spiro atoms. The first kappa shape index (κ1) is 20.6. The molecular weight excluding hydrogens is 368 g/mol. The molecule has 0 aliphatic carbocycles. The van der Waals surface area contributed by atoms with Gasteiger partial charge in [-0.05, 0) is 45.4 Å². The molecule has 2 heterocycles. The Kier molecular flexibility index (Phi) is 6.34. The molecule has 3 N–H and O–H groups in total. The van der Waals surface area contributed by atoms with Gasteiger partial charge in [0.1, 0.15) is 6.04 Å². The van der Waals surface area contributed by atoms with Crippen LogP contribution in [-0.2, 0) is 4.74 Å². The molecule has 0 bridgehead atoms. The number of furan rings is 1. The van der Waals surface area contributed by atoms with Crippen LogP contribution in [0.15, 0.2) is 53.1 Å². The second kappa shape index (κ2) is 8.92. The first-order valence-corrected chi connectivity index (χ1v) is 9.77. The van der Waals surface area contributed by atoms with Gasteiger partial charge < -0.3 is 19.5 Å². The Balaban J connectivity index is 1.86. The first-order chi connectivity index (χ1) is 13.9. The Morgan fingerprint density at radius 3 is 2.48 bits per heavy atom. The summed E-state index contributed by atoms with van der Waals surface area (Å²) >= 11 is 0. The zero-order valence-corrected chi connectivity index (χ0v) is 17.2. The number of benzene rings is 1. The molecule has 152 valence electrons. The van der Waals surface area contributed by atoms with Crippen molar-refractivity contribution in [3.05, 3.63) is 82.6 Å². The lowest BCUT2D eigenvalue weighted by atomic mass is 10.0. The molecule has 0 unspecified atom stereocenters. The summed E-state index contributed by atoms with van der Waals surface area (Å²) < 4.78 is 10.8. The summed E-state index contributed by atoms with van der Waals surface area (Å²) in [6, 6.07) is 13.1. The second-order valence-corrected chi connectivity index (χ2v) is 7.09. The summed E-state index contributed by atoms with van der Waals surface area (Å²) in [5.41, 5.74) is 3.20. The predicted molar refractivity (Wildman–Crippen MR) is 109 cm³/mol. The van der Waals surface area contributed by atoms with E-state index in [0.29, 0.717) is 22.5 Å². The fraction of sp³-hybridized carbons (Fsp3) is 0.304. The van der Waals surface area contributed by atoms with E-state index in [-0.39, 0.29) is 18.4 Å². The van der Waals surface area contributed by atoms with Crippen molar-refractivity contribution in [2.24, 2.45) is 0 Å². The van der Waals surface area contributed by atoms with Crippen LogP contribution in [0.3, 0.4) is 0 Å². The van der Waals surface area contributed by atoms with Gasteiger partial charge in [0.2, 0.25) is 5.78 Å². The third kappa shape index (κ3) is 4.32. The van der Waals surface area contributed by atoms with Gasteiger partial charge in [-0.15, -0.1) is 0 Å². The maximum Gasteiger partial charge on any atom is 0.340 e. The van der Waals surface area contributed by atoms with E-state index in [4.69, 9.17) is 9.15 Å². The van der Waals surface area contributed by atoms with Gasteiger partial charge in [0.05, 0.1) is 24.1 Å². The predicted octanol–water partition coefficient (Wildman–Crippen LogP) is 3.33. The number of ketones is 1.